The van der Waals surface area contributed by atoms with Crippen LogP contribution in [0.5, 0.6) is 0 Å². The number of nitrogens with zero attached hydrogens (tertiary/aromatic N) is 3. The number of halogens is 1. The van der Waals surface area contributed by atoms with Crippen LogP contribution in [0.1, 0.15) is 43.2 Å². The van der Waals surface area contributed by atoms with Crippen molar-refractivity contribution in [2.75, 3.05) is 20.1 Å². The molecular weight excluding hydrogens is 317 g/mol. The Kier molecular flexibility index (Phi) is 5.53. The normalized spacial score (nSPS) is 18.7. The molecule has 1 saturated heterocycles. The van der Waals surface area contributed by atoms with E-state index in [1.54, 1.807) is 0 Å². The SMILES string of the molecule is C=COC(c1cncn1[C@H](C)c1ccc(F)cc1)C1CCN(C)CC1. The highest BCUT2D eigenvalue weighted by atomic mass is 19.1. The Morgan fingerprint density at radius 2 is 1.96 bits per heavy atom. The topological polar surface area (TPSA) is 30.3 Å². The highest BCUT2D eigenvalue weighted by Crippen LogP contribution is 2.35. The zero-order valence-corrected chi connectivity index (χ0v) is 14.9. The Balaban J connectivity index is 1.87. The first kappa shape index (κ1) is 17.7. The quantitative estimate of drug-likeness (QED) is 0.737. The molecule has 5 heteroatoms. The van der Waals surface area contributed by atoms with Crippen LogP contribution in [0, 0.1) is 11.7 Å². The van der Waals surface area contributed by atoms with Crippen molar-refractivity contribution in [3.63, 3.8) is 0 Å². The monoisotopic (exact) mass is 343 g/mol. The molecule has 0 aliphatic carbocycles. The van der Waals surface area contributed by atoms with Crippen LogP contribution in [0.25, 0.3) is 0 Å². The molecule has 1 aromatic carbocycles. The lowest BCUT2D eigenvalue weighted by Gasteiger charge is -2.34. The number of ether oxygens (including phenoxy) is 1. The Hall–Kier alpha value is -2.14. The summed E-state index contributed by atoms with van der Waals surface area (Å²) in [5.74, 6) is 0.214. The molecular formula is C20H26FN3O. The lowest BCUT2D eigenvalue weighted by atomic mass is 9.89. The van der Waals surface area contributed by atoms with Crippen molar-refractivity contribution in [2.45, 2.75) is 31.9 Å². The van der Waals surface area contributed by atoms with Gasteiger partial charge in [0.2, 0.25) is 0 Å². The fourth-order valence-corrected chi connectivity index (χ4v) is 3.62. The van der Waals surface area contributed by atoms with Gasteiger partial charge in [-0.3, -0.25) is 0 Å². The van der Waals surface area contributed by atoms with E-state index in [2.05, 4.69) is 35.0 Å². The third kappa shape index (κ3) is 3.93. The number of likely N-dealkylation sites (tertiary alicyclic amines) is 1. The maximum atomic E-state index is 13.2. The molecule has 3 rings (SSSR count). The molecule has 1 fully saturated rings. The predicted molar refractivity (Wildman–Crippen MR) is 96.7 cm³/mol. The van der Waals surface area contributed by atoms with E-state index in [1.807, 2.05) is 24.7 Å². The van der Waals surface area contributed by atoms with E-state index in [9.17, 15) is 4.39 Å². The van der Waals surface area contributed by atoms with Crippen LogP contribution < -0.4 is 0 Å². The molecule has 0 bridgehead atoms. The zero-order chi connectivity index (χ0) is 17.8. The summed E-state index contributed by atoms with van der Waals surface area (Å²) in [6, 6.07) is 6.69. The fourth-order valence-electron chi connectivity index (χ4n) is 3.62. The number of piperidine rings is 1. The molecule has 0 spiro atoms. The number of rotatable bonds is 6. The molecule has 0 saturated carbocycles. The fraction of sp³-hybridized carbons (Fsp3) is 0.450. The molecule has 1 aromatic heterocycles. The summed E-state index contributed by atoms with van der Waals surface area (Å²) in [6.45, 7) is 8.00. The van der Waals surface area contributed by atoms with E-state index in [-0.39, 0.29) is 18.0 Å². The first-order valence-electron chi connectivity index (χ1n) is 8.82. The van der Waals surface area contributed by atoms with Gasteiger partial charge >= 0.3 is 0 Å². The molecule has 0 N–H and O–H groups in total. The average Bonchev–Trinajstić information content (AvgIpc) is 3.10. The van der Waals surface area contributed by atoms with Gasteiger partial charge in [-0.05, 0) is 57.6 Å². The first-order valence-corrected chi connectivity index (χ1v) is 8.82. The summed E-state index contributed by atoms with van der Waals surface area (Å²) < 4.78 is 21.3. The lowest BCUT2D eigenvalue weighted by Crippen LogP contribution is -2.33. The second-order valence-corrected chi connectivity index (χ2v) is 6.82. The summed E-state index contributed by atoms with van der Waals surface area (Å²) in [6.07, 6.45) is 7.36. The van der Waals surface area contributed by atoms with E-state index in [0.717, 1.165) is 37.2 Å². The third-order valence-corrected chi connectivity index (χ3v) is 5.19. The molecule has 25 heavy (non-hydrogen) atoms. The minimum Gasteiger partial charge on any atom is -0.492 e. The van der Waals surface area contributed by atoms with Crippen LogP contribution in [0.15, 0.2) is 49.6 Å². The van der Waals surface area contributed by atoms with Gasteiger partial charge in [0.15, 0.2) is 0 Å². The first-order chi connectivity index (χ1) is 12.1. The molecule has 1 aliphatic rings. The van der Waals surface area contributed by atoms with Crippen molar-refractivity contribution in [3.8, 4) is 0 Å². The van der Waals surface area contributed by atoms with E-state index >= 15 is 0 Å². The predicted octanol–water partition coefficient (Wildman–Crippen LogP) is 4.17. The van der Waals surface area contributed by atoms with Gasteiger partial charge in [0.05, 0.1) is 30.5 Å². The standard InChI is InChI=1S/C20H26FN3O/c1-4-25-20(17-9-11-23(3)12-10-17)19-13-22-14-24(19)15(2)16-5-7-18(21)8-6-16/h4-8,13-15,17,20H,1,9-12H2,2-3H3/t15-,20?/m1/s1. The Morgan fingerprint density at radius 1 is 1.28 bits per heavy atom. The largest absolute Gasteiger partial charge is 0.492 e. The van der Waals surface area contributed by atoms with E-state index in [4.69, 9.17) is 4.74 Å². The minimum atomic E-state index is -0.221. The number of hydrogen-bond acceptors (Lipinski definition) is 3. The lowest BCUT2D eigenvalue weighted by molar-refractivity contribution is 0.0450. The molecule has 1 aliphatic heterocycles. The van der Waals surface area contributed by atoms with Crippen LogP contribution in [0.4, 0.5) is 4.39 Å². The maximum Gasteiger partial charge on any atom is 0.142 e. The number of benzene rings is 1. The summed E-state index contributed by atoms with van der Waals surface area (Å²) in [7, 11) is 2.15. The molecule has 0 radical (unpaired) electrons. The highest BCUT2D eigenvalue weighted by molar-refractivity contribution is 5.22. The Bertz CT molecular complexity index is 689. The van der Waals surface area contributed by atoms with Crippen molar-refractivity contribution < 1.29 is 9.13 Å². The van der Waals surface area contributed by atoms with Crippen LogP contribution >= 0.6 is 0 Å². The molecule has 0 amide bonds. The summed E-state index contributed by atoms with van der Waals surface area (Å²) in [5.41, 5.74) is 2.09. The van der Waals surface area contributed by atoms with Crippen molar-refractivity contribution in [1.29, 1.82) is 0 Å². The van der Waals surface area contributed by atoms with Crippen molar-refractivity contribution in [2.24, 2.45) is 5.92 Å². The van der Waals surface area contributed by atoms with Crippen molar-refractivity contribution in [3.05, 3.63) is 66.7 Å². The van der Waals surface area contributed by atoms with Crippen LogP contribution in [-0.2, 0) is 4.74 Å². The van der Waals surface area contributed by atoms with Crippen LogP contribution in [0.2, 0.25) is 0 Å². The van der Waals surface area contributed by atoms with Gasteiger partial charge in [0.25, 0.3) is 0 Å². The molecule has 1 unspecified atom stereocenters. The van der Waals surface area contributed by atoms with Crippen LogP contribution in [0.3, 0.4) is 0 Å². The van der Waals surface area contributed by atoms with Gasteiger partial charge in [-0.15, -0.1) is 0 Å². The summed E-state index contributed by atoms with van der Waals surface area (Å²) >= 11 is 0. The second-order valence-electron chi connectivity index (χ2n) is 6.82. The molecule has 2 heterocycles. The molecule has 2 aromatic rings. The molecule has 134 valence electrons. The third-order valence-electron chi connectivity index (χ3n) is 5.19. The van der Waals surface area contributed by atoms with E-state index < -0.39 is 0 Å². The van der Waals surface area contributed by atoms with Gasteiger partial charge in [-0.1, -0.05) is 18.7 Å². The Labute approximate surface area is 148 Å². The Morgan fingerprint density at radius 3 is 2.60 bits per heavy atom. The van der Waals surface area contributed by atoms with E-state index in [0.29, 0.717) is 5.92 Å². The summed E-state index contributed by atoms with van der Waals surface area (Å²) in [5, 5.41) is 0. The molecule has 2 atom stereocenters. The van der Waals surface area contributed by atoms with Gasteiger partial charge < -0.3 is 14.2 Å². The van der Waals surface area contributed by atoms with Gasteiger partial charge in [0.1, 0.15) is 11.9 Å². The van der Waals surface area contributed by atoms with Crippen LogP contribution in [-0.4, -0.2) is 34.6 Å². The highest BCUT2D eigenvalue weighted by Gasteiger charge is 2.30. The summed E-state index contributed by atoms with van der Waals surface area (Å²) in [4.78, 5) is 6.71. The van der Waals surface area contributed by atoms with Gasteiger partial charge in [0, 0.05) is 5.92 Å². The maximum absolute atomic E-state index is 13.2. The smallest absolute Gasteiger partial charge is 0.142 e. The minimum absolute atomic E-state index is 0.0558. The molecule has 4 nitrogen and oxygen atoms in total. The second kappa shape index (κ2) is 7.83. The van der Waals surface area contributed by atoms with Crippen molar-refractivity contribution in [1.82, 2.24) is 14.5 Å². The number of aromatic nitrogens is 2. The number of hydrogen-bond donors (Lipinski definition) is 0. The van der Waals surface area contributed by atoms with Crippen molar-refractivity contribution >= 4 is 0 Å². The average molecular weight is 343 g/mol. The zero-order valence-electron chi connectivity index (χ0n) is 14.9. The number of imidazole rings is 1. The van der Waals surface area contributed by atoms with Gasteiger partial charge in [-0.25, -0.2) is 9.37 Å². The van der Waals surface area contributed by atoms with Gasteiger partial charge in [-0.2, -0.15) is 0 Å². The van der Waals surface area contributed by atoms with E-state index in [1.165, 1.54) is 18.4 Å².